The van der Waals surface area contributed by atoms with E-state index in [1.807, 2.05) is 13.8 Å². The van der Waals surface area contributed by atoms with Crippen LogP contribution in [0, 0.1) is 5.92 Å². The standard InChI is InChI=1S/C12H18BrClN2O3S/c1-8(2)7-19-4-3-16-20(17,18)11-6-9(14)5-10(15)12(11)13/h5-6,8,16H,3-4,7,15H2,1-2H3. The molecule has 5 nitrogen and oxygen atoms in total. The van der Waals surface area contributed by atoms with Crippen molar-refractivity contribution < 1.29 is 13.2 Å². The second-order valence-electron chi connectivity index (χ2n) is 4.67. The predicted octanol–water partition coefficient (Wildman–Crippen LogP) is 2.64. The van der Waals surface area contributed by atoms with Crippen LogP contribution >= 0.6 is 27.5 Å². The van der Waals surface area contributed by atoms with Crippen molar-refractivity contribution in [2.75, 3.05) is 25.5 Å². The third-order valence-electron chi connectivity index (χ3n) is 2.31. The van der Waals surface area contributed by atoms with Crippen molar-refractivity contribution in [3.63, 3.8) is 0 Å². The lowest BCUT2D eigenvalue weighted by Crippen LogP contribution is -2.28. The minimum Gasteiger partial charge on any atom is -0.398 e. The maximum absolute atomic E-state index is 12.1. The Hall–Kier alpha value is -0.340. The summed E-state index contributed by atoms with van der Waals surface area (Å²) in [7, 11) is -3.68. The van der Waals surface area contributed by atoms with Gasteiger partial charge in [0.25, 0.3) is 0 Å². The molecule has 8 heteroatoms. The van der Waals surface area contributed by atoms with Crippen molar-refractivity contribution in [1.29, 1.82) is 0 Å². The Morgan fingerprint density at radius 2 is 2.10 bits per heavy atom. The molecule has 0 amide bonds. The number of nitrogen functional groups attached to an aromatic ring is 1. The van der Waals surface area contributed by atoms with Crippen molar-refractivity contribution in [3.05, 3.63) is 21.6 Å². The first-order valence-corrected chi connectivity index (χ1v) is 8.71. The number of anilines is 1. The number of rotatable bonds is 7. The Labute approximate surface area is 133 Å². The van der Waals surface area contributed by atoms with Gasteiger partial charge in [-0.2, -0.15) is 0 Å². The van der Waals surface area contributed by atoms with Crippen LogP contribution in [-0.2, 0) is 14.8 Å². The van der Waals surface area contributed by atoms with Crippen molar-refractivity contribution >= 4 is 43.2 Å². The molecule has 20 heavy (non-hydrogen) atoms. The van der Waals surface area contributed by atoms with E-state index in [0.29, 0.717) is 23.6 Å². The Balaban J connectivity index is 2.70. The first-order valence-electron chi connectivity index (χ1n) is 6.06. The zero-order valence-electron chi connectivity index (χ0n) is 11.3. The third kappa shape index (κ3) is 5.21. The van der Waals surface area contributed by atoms with Crippen LogP contribution in [0.5, 0.6) is 0 Å². The van der Waals surface area contributed by atoms with E-state index >= 15 is 0 Å². The van der Waals surface area contributed by atoms with Gasteiger partial charge in [0, 0.05) is 23.9 Å². The molecule has 0 fully saturated rings. The molecule has 0 spiro atoms. The lowest BCUT2D eigenvalue weighted by atomic mass is 10.2. The van der Waals surface area contributed by atoms with E-state index < -0.39 is 10.0 Å². The molecule has 0 aliphatic rings. The Morgan fingerprint density at radius 1 is 1.45 bits per heavy atom. The highest BCUT2D eigenvalue weighted by Crippen LogP contribution is 2.31. The Kier molecular flexibility index (Phi) is 6.74. The van der Waals surface area contributed by atoms with Gasteiger partial charge in [-0.15, -0.1) is 0 Å². The fourth-order valence-corrected chi connectivity index (χ4v) is 3.73. The molecule has 0 aliphatic heterocycles. The Bertz CT molecular complexity index is 564. The number of nitrogens with two attached hydrogens (primary N) is 1. The molecule has 0 saturated heterocycles. The number of halogens is 2. The number of ether oxygens (including phenoxy) is 1. The SMILES string of the molecule is CC(C)COCCNS(=O)(=O)c1cc(Cl)cc(N)c1Br. The van der Waals surface area contributed by atoms with Gasteiger partial charge < -0.3 is 10.5 Å². The van der Waals surface area contributed by atoms with Crippen LogP contribution in [0.15, 0.2) is 21.5 Å². The summed E-state index contributed by atoms with van der Waals surface area (Å²) in [6, 6.07) is 2.83. The molecule has 1 rings (SSSR count). The summed E-state index contributed by atoms with van der Waals surface area (Å²) in [4.78, 5) is 0.0198. The lowest BCUT2D eigenvalue weighted by molar-refractivity contribution is 0.114. The maximum atomic E-state index is 12.1. The molecule has 1 aromatic carbocycles. The normalized spacial score (nSPS) is 12.1. The molecular formula is C12H18BrClN2O3S. The summed E-state index contributed by atoms with van der Waals surface area (Å²) in [5.41, 5.74) is 5.95. The van der Waals surface area contributed by atoms with Crippen molar-refractivity contribution in [3.8, 4) is 0 Å². The zero-order chi connectivity index (χ0) is 15.3. The van der Waals surface area contributed by atoms with Gasteiger partial charge >= 0.3 is 0 Å². The van der Waals surface area contributed by atoms with Crippen LogP contribution in [-0.4, -0.2) is 28.2 Å². The maximum Gasteiger partial charge on any atom is 0.241 e. The molecule has 0 aliphatic carbocycles. The van der Waals surface area contributed by atoms with Gasteiger partial charge in [0.15, 0.2) is 0 Å². The number of nitrogens with one attached hydrogen (secondary N) is 1. The topological polar surface area (TPSA) is 81.4 Å². The lowest BCUT2D eigenvalue weighted by Gasteiger charge is -2.11. The smallest absolute Gasteiger partial charge is 0.241 e. The van der Waals surface area contributed by atoms with Crippen molar-refractivity contribution in [2.45, 2.75) is 18.7 Å². The highest BCUT2D eigenvalue weighted by molar-refractivity contribution is 9.10. The van der Waals surface area contributed by atoms with Gasteiger partial charge in [-0.1, -0.05) is 25.4 Å². The average molecular weight is 386 g/mol. The van der Waals surface area contributed by atoms with Crippen LogP contribution in [0.1, 0.15) is 13.8 Å². The summed E-state index contributed by atoms with van der Waals surface area (Å²) < 4.78 is 32.4. The van der Waals surface area contributed by atoms with Crippen LogP contribution < -0.4 is 10.5 Å². The van der Waals surface area contributed by atoms with Gasteiger partial charge in [0.2, 0.25) is 10.0 Å². The van der Waals surface area contributed by atoms with E-state index in [9.17, 15) is 8.42 Å². The van der Waals surface area contributed by atoms with Gasteiger partial charge in [-0.05, 0) is 34.0 Å². The quantitative estimate of drug-likeness (QED) is 0.558. The van der Waals surface area contributed by atoms with Crippen molar-refractivity contribution in [2.24, 2.45) is 5.92 Å². The molecule has 0 heterocycles. The fraction of sp³-hybridized carbons (Fsp3) is 0.500. The number of benzene rings is 1. The molecule has 3 N–H and O–H groups in total. The van der Waals surface area contributed by atoms with Crippen LogP contribution in [0.4, 0.5) is 5.69 Å². The largest absolute Gasteiger partial charge is 0.398 e. The fourth-order valence-electron chi connectivity index (χ4n) is 1.42. The first-order chi connectivity index (χ1) is 9.24. The first kappa shape index (κ1) is 17.7. The highest BCUT2D eigenvalue weighted by atomic mass is 79.9. The summed E-state index contributed by atoms with van der Waals surface area (Å²) in [5.74, 6) is 0.411. The molecule has 0 atom stereocenters. The van der Waals surface area contributed by atoms with E-state index in [-0.39, 0.29) is 22.2 Å². The Morgan fingerprint density at radius 3 is 2.70 bits per heavy atom. The molecular weight excluding hydrogens is 368 g/mol. The van der Waals surface area contributed by atoms with E-state index in [2.05, 4.69) is 20.7 Å². The number of sulfonamides is 1. The molecule has 0 radical (unpaired) electrons. The van der Waals surface area contributed by atoms with E-state index in [1.54, 1.807) is 0 Å². The zero-order valence-corrected chi connectivity index (χ0v) is 14.5. The molecule has 0 aromatic heterocycles. The molecule has 1 aromatic rings. The number of hydrogen-bond donors (Lipinski definition) is 2. The molecule has 0 unspecified atom stereocenters. The highest BCUT2D eigenvalue weighted by Gasteiger charge is 2.19. The predicted molar refractivity (Wildman–Crippen MR) is 84.4 cm³/mol. The van der Waals surface area contributed by atoms with Gasteiger partial charge in [-0.25, -0.2) is 13.1 Å². The third-order valence-corrected chi connectivity index (χ3v) is 5.16. The van der Waals surface area contributed by atoms with Crippen LogP contribution in [0.2, 0.25) is 5.02 Å². The monoisotopic (exact) mass is 384 g/mol. The summed E-state index contributed by atoms with van der Waals surface area (Å²) >= 11 is 8.99. The summed E-state index contributed by atoms with van der Waals surface area (Å²) in [6.07, 6.45) is 0. The second-order valence-corrected chi connectivity index (χ2v) is 7.64. The second kappa shape index (κ2) is 7.61. The van der Waals surface area contributed by atoms with E-state index in [1.165, 1.54) is 12.1 Å². The van der Waals surface area contributed by atoms with Crippen molar-refractivity contribution in [1.82, 2.24) is 4.72 Å². The van der Waals surface area contributed by atoms with Crippen LogP contribution in [0.25, 0.3) is 0 Å². The van der Waals surface area contributed by atoms with Gasteiger partial charge in [0.05, 0.1) is 16.0 Å². The minimum absolute atomic E-state index is 0.0198. The molecule has 0 bridgehead atoms. The van der Waals surface area contributed by atoms with E-state index in [0.717, 1.165) is 0 Å². The van der Waals surface area contributed by atoms with Gasteiger partial charge in [-0.3, -0.25) is 0 Å². The van der Waals surface area contributed by atoms with E-state index in [4.69, 9.17) is 22.1 Å². The molecule has 0 saturated carbocycles. The average Bonchev–Trinajstić information content (AvgIpc) is 2.32. The molecule has 114 valence electrons. The van der Waals surface area contributed by atoms with Crippen LogP contribution in [0.3, 0.4) is 0 Å². The summed E-state index contributed by atoms with van der Waals surface area (Å²) in [5, 5.41) is 0.266. The summed E-state index contributed by atoms with van der Waals surface area (Å²) in [6.45, 7) is 5.14. The minimum atomic E-state index is -3.68. The number of hydrogen-bond acceptors (Lipinski definition) is 4. The van der Waals surface area contributed by atoms with Gasteiger partial charge in [0.1, 0.15) is 0 Å².